The Balaban J connectivity index is 0.000000185. The molecule has 3 saturated heterocycles. The summed E-state index contributed by atoms with van der Waals surface area (Å²) < 4.78 is 10.8. The maximum absolute atomic E-state index is 12.4. The molecule has 2 aromatic carbocycles. The number of hydrogen-bond donors (Lipinski definition) is 2. The molecule has 0 radical (unpaired) electrons. The number of nitrogens with zero attached hydrogens (tertiary/aromatic N) is 3. The number of carbonyl (C=O) groups excluding carboxylic acids is 2. The van der Waals surface area contributed by atoms with Crippen molar-refractivity contribution in [2.75, 3.05) is 63.1 Å². The van der Waals surface area contributed by atoms with Crippen molar-refractivity contribution in [2.45, 2.75) is 13.8 Å². The molecule has 3 heterocycles. The molecule has 9 nitrogen and oxygen atoms in total. The zero-order valence-electron chi connectivity index (χ0n) is 22.6. The predicted molar refractivity (Wildman–Crippen MR) is 155 cm³/mol. The second-order valence-electron chi connectivity index (χ2n) is 9.38. The second kappa shape index (κ2) is 13.2. The average Bonchev–Trinajstić information content (AvgIpc) is 3.76. The van der Waals surface area contributed by atoms with Gasteiger partial charge in [-0.05, 0) is 74.6 Å². The molecule has 0 saturated carbocycles. The first-order chi connectivity index (χ1) is 19.0. The van der Waals surface area contributed by atoms with Crippen molar-refractivity contribution in [3.8, 4) is 11.5 Å². The molecule has 0 spiro atoms. The first kappa shape index (κ1) is 29.5. The summed E-state index contributed by atoms with van der Waals surface area (Å²) in [7, 11) is 0. The quantitative estimate of drug-likeness (QED) is 0.193. The SMILES string of the molecule is CCOc1ccc(NC(=S)Nc2ccc(OCC)cc2)cc1.O=C1C=C(N2CC2)C(=O)C(N2CC2)=C1N1CC1.[Fe]. The molecule has 0 unspecified atom stereocenters. The summed E-state index contributed by atoms with van der Waals surface area (Å²) in [4.78, 5) is 30.5. The molecule has 0 amide bonds. The van der Waals surface area contributed by atoms with Gasteiger partial charge >= 0.3 is 0 Å². The van der Waals surface area contributed by atoms with Crippen LogP contribution in [0.4, 0.5) is 11.4 Å². The van der Waals surface area contributed by atoms with E-state index in [1.54, 1.807) is 0 Å². The molecule has 1 aliphatic carbocycles. The maximum atomic E-state index is 12.4. The Morgan fingerprint density at radius 3 is 1.55 bits per heavy atom. The van der Waals surface area contributed by atoms with Crippen molar-refractivity contribution in [1.29, 1.82) is 0 Å². The molecule has 4 aliphatic rings. The number of thiocarbonyl (C=S) groups is 1. The van der Waals surface area contributed by atoms with Crippen LogP contribution in [0.5, 0.6) is 11.5 Å². The molecule has 0 bridgehead atoms. The van der Waals surface area contributed by atoms with Crippen LogP contribution in [0.1, 0.15) is 13.8 Å². The third-order valence-corrected chi connectivity index (χ3v) is 6.54. The Bertz CT molecular complexity index is 1250. The van der Waals surface area contributed by atoms with E-state index in [9.17, 15) is 9.59 Å². The minimum atomic E-state index is 0. The third kappa shape index (κ3) is 7.56. The molecule has 3 fully saturated rings. The Morgan fingerprint density at radius 2 is 1.15 bits per heavy atom. The number of nitrogens with one attached hydrogen (secondary N) is 2. The number of allylic oxidation sites excluding steroid dienone is 1. The standard InChI is InChI=1S/C17H20N2O2S.C12H13N3O2.Fe/c1-3-20-15-9-5-13(6-10-15)18-17(22)19-14-7-11-16(12-8-14)21-4-2;16-9-7-8(13-1-2-13)12(17)11(15-5-6-15)10(9)14-3-4-14;/h5-12H,3-4H2,1-2H3,(H2,18,19,22);7H,1-6H2;. The fourth-order valence-electron chi connectivity index (χ4n) is 4.17. The normalized spacial score (nSPS) is 16.8. The van der Waals surface area contributed by atoms with E-state index >= 15 is 0 Å². The van der Waals surface area contributed by atoms with E-state index in [1.807, 2.05) is 77.1 Å². The smallest absolute Gasteiger partial charge is 0.227 e. The van der Waals surface area contributed by atoms with Crippen LogP contribution >= 0.6 is 12.2 Å². The van der Waals surface area contributed by atoms with Gasteiger partial charge < -0.3 is 34.8 Å². The van der Waals surface area contributed by atoms with E-state index < -0.39 is 0 Å². The van der Waals surface area contributed by atoms with Crippen molar-refractivity contribution in [1.82, 2.24) is 14.7 Å². The van der Waals surface area contributed by atoms with Gasteiger partial charge in [-0.1, -0.05) is 0 Å². The molecular formula is C29H33FeN5O4S. The summed E-state index contributed by atoms with van der Waals surface area (Å²) in [5.41, 5.74) is 3.70. The van der Waals surface area contributed by atoms with Crippen LogP contribution in [0.2, 0.25) is 0 Å². The fraction of sp³-hybridized carbons (Fsp3) is 0.345. The Hall–Kier alpha value is -3.53. The Morgan fingerprint density at radius 1 is 0.725 bits per heavy atom. The van der Waals surface area contributed by atoms with E-state index in [0.29, 0.717) is 35.4 Å². The van der Waals surface area contributed by atoms with Gasteiger partial charge in [-0.3, -0.25) is 9.59 Å². The summed E-state index contributed by atoms with van der Waals surface area (Å²) >= 11 is 5.30. The number of ketones is 2. The maximum Gasteiger partial charge on any atom is 0.227 e. The van der Waals surface area contributed by atoms with Crippen molar-refractivity contribution in [3.63, 3.8) is 0 Å². The number of Topliss-reactive ketones (excluding diaryl/α,β-unsaturated/α-hetero) is 1. The summed E-state index contributed by atoms with van der Waals surface area (Å²) in [5, 5.41) is 6.80. The predicted octanol–water partition coefficient (Wildman–Crippen LogP) is 3.47. The van der Waals surface area contributed by atoms with E-state index in [4.69, 9.17) is 21.7 Å². The zero-order valence-corrected chi connectivity index (χ0v) is 24.5. The van der Waals surface area contributed by atoms with Crippen LogP contribution < -0.4 is 20.1 Å². The van der Waals surface area contributed by atoms with Crippen LogP contribution in [0, 0.1) is 0 Å². The molecule has 2 N–H and O–H groups in total. The number of hydrogen-bond acceptors (Lipinski definition) is 8. The zero-order chi connectivity index (χ0) is 27.4. The fourth-order valence-corrected chi connectivity index (χ4v) is 4.41. The van der Waals surface area contributed by atoms with Crippen LogP contribution in [0.25, 0.3) is 0 Å². The minimum absolute atomic E-state index is 0. The van der Waals surface area contributed by atoms with Gasteiger partial charge in [-0.25, -0.2) is 0 Å². The Labute approximate surface area is 250 Å². The van der Waals surface area contributed by atoms with Gasteiger partial charge in [0.05, 0.1) is 18.9 Å². The van der Waals surface area contributed by atoms with Crippen molar-refractivity contribution < 1.29 is 36.1 Å². The van der Waals surface area contributed by atoms with Gasteiger partial charge in [0.1, 0.15) is 22.9 Å². The molecular weight excluding hydrogens is 570 g/mol. The van der Waals surface area contributed by atoms with Crippen LogP contribution in [-0.4, -0.2) is 83.9 Å². The molecule has 212 valence electrons. The largest absolute Gasteiger partial charge is 0.494 e. The third-order valence-electron chi connectivity index (χ3n) is 6.33. The first-order valence-electron chi connectivity index (χ1n) is 13.3. The summed E-state index contributed by atoms with van der Waals surface area (Å²) in [5.74, 6) is 1.74. The molecule has 11 heteroatoms. The topological polar surface area (TPSA) is 85.7 Å². The van der Waals surface area contributed by atoms with Crippen LogP contribution in [-0.2, 0) is 26.7 Å². The molecule has 6 rings (SSSR count). The van der Waals surface area contributed by atoms with Gasteiger partial charge in [-0.15, -0.1) is 0 Å². The molecule has 0 atom stereocenters. The van der Waals surface area contributed by atoms with E-state index in [0.717, 1.165) is 62.1 Å². The number of ether oxygens (including phenoxy) is 2. The molecule has 3 aliphatic heterocycles. The number of anilines is 2. The average molecular weight is 604 g/mol. The number of benzene rings is 2. The van der Waals surface area contributed by atoms with Gasteiger partial charge in [0.25, 0.3) is 0 Å². The summed E-state index contributed by atoms with van der Waals surface area (Å²) in [6.07, 6.45) is 1.52. The minimum Gasteiger partial charge on any atom is -0.494 e. The van der Waals surface area contributed by atoms with E-state index in [-0.39, 0.29) is 28.6 Å². The molecule has 2 aromatic rings. The van der Waals surface area contributed by atoms with E-state index in [1.165, 1.54) is 6.08 Å². The van der Waals surface area contributed by atoms with Gasteiger partial charge in [0.15, 0.2) is 5.11 Å². The molecule has 40 heavy (non-hydrogen) atoms. The van der Waals surface area contributed by atoms with Gasteiger partial charge in [0.2, 0.25) is 11.6 Å². The number of carbonyl (C=O) groups is 2. The Kier molecular flexibility index (Phi) is 9.73. The van der Waals surface area contributed by atoms with Crippen LogP contribution in [0.3, 0.4) is 0 Å². The number of rotatable bonds is 9. The second-order valence-corrected chi connectivity index (χ2v) is 9.78. The van der Waals surface area contributed by atoms with Crippen molar-refractivity contribution >= 4 is 40.3 Å². The first-order valence-corrected chi connectivity index (χ1v) is 13.7. The summed E-state index contributed by atoms with van der Waals surface area (Å²) in [6, 6.07) is 15.3. The summed E-state index contributed by atoms with van der Waals surface area (Å²) in [6.45, 7) is 10.6. The van der Waals surface area contributed by atoms with Crippen LogP contribution in [0.15, 0.2) is 71.7 Å². The van der Waals surface area contributed by atoms with Crippen molar-refractivity contribution in [2.24, 2.45) is 0 Å². The van der Waals surface area contributed by atoms with E-state index in [2.05, 4.69) is 10.6 Å². The van der Waals surface area contributed by atoms with Gasteiger partial charge in [-0.2, -0.15) is 0 Å². The monoisotopic (exact) mass is 603 g/mol. The van der Waals surface area contributed by atoms with Crippen molar-refractivity contribution in [3.05, 3.63) is 71.7 Å². The van der Waals surface area contributed by atoms with Gasteiger partial charge in [0, 0.05) is 73.8 Å². The molecule has 0 aromatic heterocycles.